The summed E-state index contributed by atoms with van der Waals surface area (Å²) in [6.07, 6.45) is 2.72. The van der Waals surface area contributed by atoms with Crippen LogP contribution in [0.3, 0.4) is 0 Å². The van der Waals surface area contributed by atoms with Gasteiger partial charge in [-0.15, -0.1) is 0 Å². The Kier molecular flexibility index (Phi) is 3.18. The number of benzene rings is 1. The second-order valence-corrected chi connectivity index (χ2v) is 5.51. The summed E-state index contributed by atoms with van der Waals surface area (Å²) in [5.74, 6) is 2.40. The molecule has 0 bridgehead atoms. The molecule has 0 aliphatic carbocycles. The second kappa shape index (κ2) is 4.78. The molecule has 2 nitrogen and oxygen atoms in total. The van der Waals surface area contributed by atoms with Crippen molar-refractivity contribution >= 4 is 11.8 Å². The first-order valence-electron chi connectivity index (χ1n) is 5.87. The van der Waals surface area contributed by atoms with Gasteiger partial charge >= 0.3 is 0 Å². The summed E-state index contributed by atoms with van der Waals surface area (Å²) in [7, 11) is 0. The lowest BCUT2D eigenvalue weighted by Crippen LogP contribution is -2.21. The van der Waals surface area contributed by atoms with Crippen molar-refractivity contribution in [1.29, 1.82) is 0 Å². The van der Waals surface area contributed by atoms with Gasteiger partial charge in [-0.25, -0.2) is 0 Å². The molecule has 2 aliphatic heterocycles. The van der Waals surface area contributed by atoms with Crippen LogP contribution in [0.4, 0.5) is 0 Å². The summed E-state index contributed by atoms with van der Waals surface area (Å²) < 4.78 is 12.0. The minimum absolute atomic E-state index is 0.140. The Balaban J connectivity index is 1.73. The van der Waals surface area contributed by atoms with Crippen LogP contribution in [0.5, 0.6) is 0 Å². The molecule has 3 rings (SSSR count). The van der Waals surface area contributed by atoms with Gasteiger partial charge in [0.15, 0.2) is 6.29 Å². The number of hydrogen-bond acceptors (Lipinski definition) is 3. The molecule has 3 heteroatoms. The van der Waals surface area contributed by atoms with Gasteiger partial charge in [-0.1, -0.05) is 30.3 Å². The summed E-state index contributed by atoms with van der Waals surface area (Å²) in [4.78, 5) is 0. The molecule has 0 N–H and O–H groups in total. The van der Waals surface area contributed by atoms with Crippen molar-refractivity contribution in [3.8, 4) is 0 Å². The normalized spacial score (nSPS) is 31.0. The molecule has 2 saturated heterocycles. The molecule has 86 valence electrons. The fraction of sp³-hybridized carbons (Fsp3) is 0.538. The average Bonchev–Trinajstić information content (AvgIpc) is 2.62. The van der Waals surface area contributed by atoms with E-state index in [0.29, 0.717) is 12.2 Å². The van der Waals surface area contributed by atoms with Crippen LogP contribution in [0.1, 0.15) is 24.7 Å². The highest BCUT2D eigenvalue weighted by molar-refractivity contribution is 7.99. The molecule has 0 radical (unpaired) electrons. The third-order valence-corrected chi connectivity index (χ3v) is 4.23. The first-order chi connectivity index (χ1) is 7.93. The van der Waals surface area contributed by atoms with Crippen LogP contribution in [-0.4, -0.2) is 23.7 Å². The van der Waals surface area contributed by atoms with Crippen LogP contribution < -0.4 is 0 Å². The fourth-order valence-electron chi connectivity index (χ4n) is 2.30. The zero-order valence-corrected chi connectivity index (χ0v) is 9.99. The van der Waals surface area contributed by atoms with Gasteiger partial charge in [0.1, 0.15) is 0 Å². The molecule has 1 aromatic rings. The topological polar surface area (TPSA) is 18.5 Å². The van der Waals surface area contributed by atoms with Crippen molar-refractivity contribution in [3.63, 3.8) is 0 Å². The van der Waals surface area contributed by atoms with Crippen LogP contribution in [-0.2, 0) is 9.47 Å². The van der Waals surface area contributed by atoms with Crippen molar-refractivity contribution < 1.29 is 9.47 Å². The number of fused-ring (bicyclic) bond motifs is 1. The number of ether oxygens (including phenoxy) is 2. The minimum Gasteiger partial charge on any atom is -0.342 e. The summed E-state index contributed by atoms with van der Waals surface area (Å²) in [5, 5.41) is 0. The standard InChI is InChI=1S/C13H16O2S/c1-2-4-10(5-3-1)13-14-11-6-8-16-9-7-12(11)15-13/h1-5,11-13H,6-9H2/t11-,12-/m1/s1. The van der Waals surface area contributed by atoms with E-state index in [1.54, 1.807) is 0 Å². The quantitative estimate of drug-likeness (QED) is 0.747. The van der Waals surface area contributed by atoms with E-state index in [9.17, 15) is 0 Å². The third kappa shape index (κ3) is 2.12. The average molecular weight is 236 g/mol. The summed E-state index contributed by atoms with van der Waals surface area (Å²) in [5.41, 5.74) is 1.14. The Labute approximate surface area is 100 Å². The molecular formula is C13H16O2S. The minimum atomic E-state index is -0.140. The van der Waals surface area contributed by atoms with Gasteiger partial charge in [-0.3, -0.25) is 0 Å². The van der Waals surface area contributed by atoms with E-state index in [-0.39, 0.29) is 6.29 Å². The van der Waals surface area contributed by atoms with E-state index in [1.807, 2.05) is 30.0 Å². The van der Waals surface area contributed by atoms with Crippen LogP contribution in [0.15, 0.2) is 30.3 Å². The Morgan fingerprint density at radius 2 is 1.56 bits per heavy atom. The second-order valence-electron chi connectivity index (χ2n) is 4.28. The molecular weight excluding hydrogens is 220 g/mol. The zero-order valence-electron chi connectivity index (χ0n) is 9.17. The van der Waals surface area contributed by atoms with E-state index in [2.05, 4.69) is 12.1 Å². The summed E-state index contributed by atoms with van der Waals surface area (Å²) in [6.45, 7) is 0. The SMILES string of the molecule is c1ccc(C2O[C@@H]3CCSCC[C@H]3O2)cc1. The number of rotatable bonds is 1. The molecule has 2 heterocycles. The van der Waals surface area contributed by atoms with Gasteiger partial charge in [0.2, 0.25) is 0 Å². The molecule has 0 spiro atoms. The number of hydrogen-bond donors (Lipinski definition) is 0. The lowest BCUT2D eigenvalue weighted by Gasteiger charge is -2.10. The predicted octanol–water partition coefficient (Wildman–Crippen LogP) is 3.00. The maximum Gasteiger partial charge on any atom is 0.184 e. The third-order valence-electron chi connectivity index (χ3n) is 3.18. The first kappa shape index (κ1) is 10.6. The van der Waals surface area contributed by atoms with Crippen molar-refractivity contribution in [3.05, 3.63) is 35.9 Å². The highest BCUT2D eigenvalue weighted by atomic mass is 32.2. The van der Waals surface area contributed by atoms with Crippen LogP contribution in [0.2, 0.25) is 0 Å². The Bertz CT molecular complexity index is 327. The molecule has 0 unspecified atom stereocenters. The van der Waals surface area contributed by atoms with Gasteiger partial charge in [0.25, 0.3) is 0 Å². The molecule has 16 heavy (non-hydrogen) atoms. The van der Waals surface area contributed by atoms with Crippen molar-refractivity contribution in [1.82, 2.24) is 0 Å². The van der Waals surface area contributed by atoms with Crippen molar-refractivity contribution in [2.45, 2.75) is 31.3 Å². The highest BCUT2D eigenvalue weighted by Crippen LogP contribution is 2.36. The Hall–Kier alpha value is -0.510. The van der Waals surface area contributed by atoms with Gasteiger partial charge in [0, 0.05) is 5.56 Å². The summed E-state index contributed by atoms with van der Waals surface area (Å²) >= 11 is 2.01. The number of thioether (sulfide) groups is 1. The molecule has 1 aromatic carbocycles. The highest BCUT2D eigenvalue weighted by Gasteiger charge is 2.37. The largest absolute Gasteiger partial charge is 0.342 e. The van der Waals surface area contributed by atoms with E-state index >= 15 is 0 Å². The van der Waals surface area contributed by atoms with Gasteiger partial charge in [-0.2, -0.15) is 11.8 Å². The van der Waals surface area contributed by atoms with E-state index < -0.39 is 0 Å². The van der Waals surface area contributed by atoms with E-state index in [4.69, 9.17) is 9.47 Å². The molecule has 2 aliphatic rings. The van der Waals surface area contributed by atoms with Crippen LogP contribution in [0, 0.1) is 0 Å². The van der Waals surface area contributed by atoms with Crippen LogP contribution in [0.25, 0.3) is 0 Å². The molecule has 0 amide bonds. The summed E-state index contributed by atoms with van der Waals surface area (Å²) in [6, 6.07) is 10.2. The molecule has 0 saturated carbocycles. The fourth-order valence-corrected chi connectivity index (χ4v) is 3.30. The van der Waals surface area contributed by atoms with Crippen molar-refractivity contribution in [2.24, 2.45) is 0 Å². The van der Waals surface area contributed by atoms with Crippen LogP contribution >= 0.6 is 11.8 Å². The molecule has 2 fully saturated rings. The maximum atomic E-state index is 6.00. The zero-order chi connectivity index (χ0) is 10.8. The van der Waals surface area contributed by atoms with Crippen molar-refractivity contribution in [2.75, 3.05) is 11.5 Å². The molecule has 0 aromatic heterocycles. The first-order valence-corrected chi connectivity index (χ1v) is 7.02. The molecule has 2 atom stereocenters. The van der Waals surface area contributed by atoms with Gasteiger partial charge < -0.3 is 9.47 Å². The van der Waals surface area contributed by atoms with E-state index in [0.717, 1.165) is 18.4 Å². The lowest BCUT2D eigenvalue weighted by atomic mass is 10.1. The maximum absolute atomic E-state index is 6.00. The smallest absolute Gasteiger partial charge is 0.184 e. The monoisotopic (exact) mass is 236 g/mol. The van der Waals surface area contributed by atoms with E-state index in [1.165, 1.54) is 11.5 Å². The Morgan fingerprint density at radius 1 is 0.938 bits per heavy atom. The lowest BCUT2D eigenvalue weighted by molar-refractivity contribution is -0.0693. The van der Waals surface area contributed by atoms with Gasteiger partial charge in [-0.05, 0) is 24.3 Å². The predicted molar refractivity (Wildman–Crippen MR) is 65.5 cm³/mol. The van der Waals surface area contributed by atoms with Gasteiger partial charge in [0.05, 0.1) is 12.2 Å². The Morgan fingerprint density at radius 3 is 2.19 bits per heavy atom.